The summed E-state index contributed by atoms with van der Waals surface area (Å²) in [6, 6.07) is 0. The van der Waals surface area contributed by atoms with Gasteiger partial charge in [-0.3, -0.25) is 4.79 Å². The molecule has 0 aromatic carbocycles. The summed E-state index contributed by atoms with van der Waals surface area (Å²) < 4.78 is 6.32. The molecule has 0 aromatic rings. The lowest BCUT2D eigenvalue weighted by Gasteiger charge is -2.23. The quantitative estimate of drug-likeness (QED) is 0.135. The van der Waals surface area contributed by atoms with E-state index in [0.717, 1.165) is 23.7 Å². The van der Waals surface area contributed by atoms with Gasteiger partial charge in [0.1, 0.15) is 0 Å². The Morgan fingerprint density at radius 2 is 1.20 bits per heavy atom. The van der Waals surface area contributed by atoms with Crippen molar-refractivity contribution in [2.75, 3.05) is 34.3 Å². The third kappa shape index (κ3) is 23.4. The molecule has 0 fully saturated rings. The average molecular weight is 358 g/mol. The molecule has 0 rings (SSSR count). The van der Waals surface area contributed by atoms with Gasteiger partial charge in [0, 0.05) is 6.42 Å². The zero-order valence-electron chi connectivity index (χ0n) is 18.1. The van der Waals surface area contributed by atoms with Gasteiger partial charge in [-0.1, -0.05) is 64.7 Å². The predicted molar refractivity (Wildman–Crippen MR) is 111 cm³/mol. The number of hydrogen-bond acceptors (Lipinski definition) is 2. The minimum atomic E-state index is -0.00354. The minimum absolute atomic E-state index is 0. The van der Waals surface area contributed by atoms with Crippen LogP contribution in [0.1, 0.15) is 96.8 Å². The first kappa shape index (κ1) is 26.7. The molecule has 0 aliphatic rings. The number of carbonyl (C=O) groups is 1. The first-order valence-corrected chi connectivity index (χ1v) is 10.4. The summed E-state index contributed by atoms with van der Waals surface area (Å²) in [4.78, 5) is 11.6. The van der Waals surface area contributed by atoms with Gasteiger partial charge in [-0.25, -0.2) is 0 Å². The van der Waals surface area contributed by atoms with Crippen molar-refractivity contribution in [2.24, 2.45) is 0 Å². The van der Waals surface area contributed by atoms with E-state index in [-0.39, 0.29) is 13.4 Å². The molecule has 152 valence electrons. The molecule has 0 aliphatic heterocycles. The smallest absolute Gasteiger partial charge is 0.305 e. The van der Waals surface area contributed by atoms with Gasteiger partial charge in [-0.2, -0.15) is 0 Å². The molecule has 0 atom stereocenters. The number of nitrogens with zero attached hydrogens (tertiary/aromatic N) is 1. The normalized spacial score (nSPS) is 11.2. The van der Waals surface area contributed by atoms with Crippen molar-refractivity contribution in [3.63, 3.8) is 0 Å². The van der Waals surface area contributed by atoms with E-state index in [1.54, 1.807) is 0 Å². The van der Waals surface area contributed by atoms with Crippen LogP contribution in [0.5, 0.6) is 0 Å². The van der Waals surface area contributed by atoms with Gasteiger partial charge in [-0.05, 0) is 25.7 Å². The zero-order chi connectivity index (χ0) is 18.1. The molecule has 0 saturated carbocycles. The van der Waals surface area contributed by atoms with Crippen LogP contribution >= 0.6 is 0 Å². The van der Waals surface area contributed by atoms with Crippen LogP contribution in [0, 0.1) is 7.43 Å². The molecule has 0 saturated heterocycles. The molecule has 25 heavy (non-hydrogen) atoms. The maximum absolute atomic E-state index is 11.6. The van der Waals surface area contributed by atoms with Gasteiger partial charge in [0.25, 0.3) is 0 Å². The Kier molecular flexibility index (Phi) is 19.4. The number of unbranched alkanes of at least 4 members (excludes halogenated alkanes) is 11. The highest BCUT2D eigenvalue weighted by molar-refractivity contribution is 5.69. The summed E-state index contributed by atoms with van der Waals surface area (Å²) in [7, 11) is 6.63. The topological polar surface area (TPSA) is 26.3 Å². The molecule has 3 heteroatoms. The second-order valence-electron chi connectivity index (χ2n) is 8.23. The highest BCUT2D eigenvalue weighted by Crippen LogP contribution is 2.11. The number of esters is 1. The molecular weight excluding hydrogens is 310 g/mol. The molecule has 0 aliphatic carbocycles. The summed E-state index contributed by atoms with van der Waals surface area (Å²) in [6.07, 6.45) is 17.0. The van der Waals surface area contributed by atoms with Crippen LogP contribution in [-0.4, -0.2) is 44.7 Å². The van der Waals surface area contributed by atoms with Crippen LogP contribution in [0.3, 0.4) is 0 Å². The fourth-order valence-corrected chi connectivity index (χ4v) is 2.88. The number of quaternary nitrogens is 1. The van der Waals surface area contributed by atoms with Crippen LogP contribution in [0.25, 0.3) is 0 Å². The van der Waals surface area contributed by atoms with Crippen LogP contribution in [0.4, 0.5) is 0 Å². The van der Waals surface area contributed by atoms with Gasteiger partial charge in [0.2, 0.25) is 0 Å². The van der Waals surface area contributed by atoms with Crippen molar-refractivity contribution < 1.29 is 14.0 Å². The Labute approximate surface area is 159 Å². The Morgan fingerprint density at radius 1 is 0.720 bits per heavy atom. The summed E-state index contributed by atoms with van der Waals surface area (Å²) in [5.41, 5.74) is 0. The van der Waals surface area contributed by atoms with Crippen molar-refractivity contribution in [2.45, 2.75) is 96.8 Å². The number of hydrogen-bond donors (Lipinski definition) is 0. The maximum Gasteiger partial charge on any atom is 0.305 e. The summed E-state index contributed by atoms with van der Waals surface area (Å²) in [5.74, 6) is -0.00354. The van der Waals surface area contributed by atoms with E-state index < -0.39 is 0 Å². The van der Waals surface area contributed by atoms with Crippen molar-refractivity contribution in [3.05, 3.63) is 7.43 Å². The van der Waals surface area contributed by atoms with Crippen LogP contribution in [-0.2, 0) is 9.53 Å². The molecule has 0 bridgehead atoms. The highest BCUT2D eigenvalue weighted by atomic mass is 16.5. The van der Waals surface area contributed by atoms with Crippen LogP contribution in [0.15, 0.2) is 0 Å². The SMILES string of the molecule is CCCCCCCCCCCCOC(=O)CCCCC[N+](C)(C)C.[CH3-]. The van der Waals surface area contributed by atoms with E-state index in [1.807, 2.05) is 0 Å². The van der Waals surface area contributed by atoms with Gasteiger partial charge in [-0.15, -0.1) is 0 Å². The Balaban J connectivity index is 0. The Hall–Kier alpha value is -0.570. The largest absolute Gasteiger partial charge is 0.466 e. The van der Waals surface area contributed by atoms with Crippen LogP contribution < -0.4 is 0 Å². The van der Waals surface area contributed by atoms with E-state index in [0.29, 0.717) is 13.0 Å². The van der Waals surface area contributed by atoms with E-state index in [1.165, 1.54) is 70.8 Å². The summed E-state index contributed by atoms with van der Waals surface area (Å²) in [6.45, 7) is 4.06. The predicted octanol–water partition coefficient (Wildman–Crippen LogP) is 6.17. The van der Waals surface area contributed by atoms with Gasteiger partial charge >= 0.3 is 5.97 Å². The molecule has 0 aromatic heterocycles. The lowest BCUT2D eigenvalue weighted by molar-refractivity contribution is -0.870. The molecular formula is C22H47NO2. The molecule has 0 heterocycles. The molecule has 0 N–H and O–H groups in total. The van der Waals surface area contributed by atoms with Crippen LogP contribution in [0.2, 0.25) is 0 Å². The molecule has 3 nitrogen and oxygen atoms in total. The summed E-state index contributed by atoms with van der Waals surface area (Å²) >= 11 is 0. The maximum atomic E-state index is 11.6. The minimum Gasteiger partial charge on any atom is -0.466 e. The van der Waals surface area contributed by atoms with Gasteiger partial charge in [0.05, 0.1) is 34.3 Å². The lowest BCUT2D eigenvalue weighted by atomic mass is 10.1. The fourth-order valence-electron chi connectivity index (χ4n) is 2.88. The zero-order valence-corrected chi connectivity index (χ0v) is 18.1. The number of carbonyl (C=O) groups excluding carboxylic acids is 1. The van der Waals surface area contributed by atoms with Gasteiger partial charge < -0.3 is 16.6 Å². The van der Waals surface area contributed by atoms with Crippen molar-refractivity contribution >= 4 is 5.97 Å². The van der Waals surface area contributed by atoms with E-state index in [9.17, 15) is 4.79 Å². The molecule has 0 spiro atoms. The number of ether oxygens (including phenoxy) is 1. The monoisotopic (exact) mass is 357 g/mol. The second kappa shape index (κ2) is 18.2. The van der Waals surface area contributed by atoms with E-state index in [4.69, 9.17) is 4.74 Å². The van der Waals surface area contributed by atoms with E-state index in [2.05, 4.69) is 28.1 Å². The van der Waals surface area contributed by atoms with Crippen molar-refractivity contribution in [1.82, 2.24) is 0 Å². The first-order chi connectivity index (χ1) is 11.5. The molecule has 0 amide bonds. The Morgan fingerprint density at radius 3 is 1.72 bits per heavy atom. The van der Waals surface area contributed by atoms with Crippen molar-refractivity contribution in [1.29, 1.82) is 0 Å². The second-order valence-corrected chi connectivity index (χ2v) is 8.23. The molecule has 0 radical (unpaired) electrons. The third-order valence-corrected chi connectivity index (χ3v) is 4.47. The van der Waals surface area contributed by atoms with Gasteiger partial charge in [0.15, 0.2) is 0 Å². The first-order valence-electron chi connectivity index (χ1n) is 10.4. The Bertz CT molecular complexity index is 284. The number of rotatable bonds is 17. The van der Waals surface area contributed by atoms with E-state index >= 15 is 0 Å². The standard InChI is InChI=1S/C21H44NO2.CH3/c1-5-6-7-8-9-10-11-12-13-17-20-24-21(23)18-15-14-16-19-22(2,3)4;/h5-20H2,1-4H3;1H3/q+1;-1. The van der Waals surface area contributed by atoms with Crippen molar-refractivity contribution in [3.8, 4) is 0 Å². The highest BCUT2D eigenvalue weighted by Gasteiger charge is 2.07. The average Bonchev–Trinajstić information content (AvgIpc) is 2.51. The fraction of sp³-hybridized carbons (Fsp3) is 0.909. The lowest BCUT2D eigenvalue weighted by Crippen LogP contribution is -2.35. The summed E-state index contributed by atoms with van der Waals surface area (Å²) in [5, 5.41) is 0. The third-order valence-electron chi connectivity index (χ3n) is 4.47. The molecule has 0 unspecified atom stereocenters.